The van der Waals surface area contributed by atoms with Crippen LogP contribution in [0.4, 0.5) is 0 Å². The van der Waals surface area contributed by atoms with Gasteiger partial charge in [0, 0.05) is 0 Å². The molecule has 0 heterocycles. The SMILES string of the molecule is O=S(=O)([O-])c1cc(O)cc2ccccc12. The zero-order chi connectivity index (χ0) is 11.1. The van der Waals surface area contributed by atoms with Crippen molar-refractivity contribution >= 4 is 20.9 Å². The minimum atomic E-state index is -4.56. The fourth-order valence-electron chi connectivity index (χ4n) is 1.47. The Hall–Kier alpha value is -1.59. The number of aromatic hydroxyl groups is 1. The summed E-state index contributed by atoms with van der Waals surface area (Å²) in [4.78, 5) is -0.391. The van der Waals surface area contributed by atoms with E-state index in [2.05, 4.69) is 0 Å². The molecule has 4 nitrogen and oxygen atoms in total. The Bertz CT molecular complexity index is 616. The molecular formula is C10H7O4S-. The Kier molecular flexibility index (Phi) is 2.13. The Labute approximate surface area is 86.5 Å². The zero-order valence-corrected chi connectivity index (χ0v) is 8.36. The number of fused-ring (bicyclic) bond motifs is 1. The molecule has 0 bridgehead atoms. The minimum Gasteiger partial charge on any atom is -0.744 e. The van der Waals surface area contributed by atoms with Gasteiger partial charge in [0.25, 0.3) is 0 Å². The monoisotopic (exact) mass is 223 g/mol. The molecule has 0 amide bonds. The molecule has 78 valence electrons. The normalized spacial score (nSPS) is 11.8. The van der Waals surface area contributed by atoms with Crippen molar-refractivity contribution in [2.24, 2.45) is 0 Å². The molecule has 0 aliphatic heterocycles. The van der Waals surface area contributed by atoms with Gasteiger partial charge in [-0.3, -0.25) is 0 Å². The van der Waals surface area contributed by atoms with Gasteiger partial charge in [-0.05, 0) is 22.9 Å². The van der Waals surface area contributed by atoms with Gasteiger partial charge in [-0.1, -0.05) is 24.3 Å². The lowest BCUT2D eigenvalue weighted by Crippen LogP contribution is -1.99. The highest BCUT2D eigenvalue weighted by molar-refractivity contribution is 7.86. The van der Waals surface area contributed by atoms with Crippen molar-refractivity contribution in [3.63, 3.8) is 0 Å². The summed E-state index contributed by atoms with van der Waals surface area (Å²) in [6.07, 6.45) is 0. The molecule has 0 atom stereocenters. The molecule has 0 saturated carbocycles. The van der Waals surface area contributed by atoms with Crippen molar-refractivity contribution in [1.82, 2.24) is 0 Å². The van der Waals surface area contributed by atoms with Crippen LogP contribution in [0.3, 0.4) is 0 Å². The summed E-state index contributed by atoms with van der Waals surface area (Å²) < 4.78 is 32.8. The Balaban J connectivity index is 2.96. The van der Waals surface area contributed by atoms with Crippen LogP contribution >= 0.6 is 0 Å². The Morgan fingerprint density at radius 2 is 1.80 bits per heavy atom. The zero-order valence-electron chi connectivity index (χ0n) is 7.54. The van der Waals surface area contributed by atoms with E-state index in [1.165, 1.54) is 12.1 Å². The summed E-state index contributed by atoms with van der Waals surface area (Å²) in [5.74, 6) is -0.233. The van der Waals surface area contributed by atoms with Gasteiger partial charge in [0.15, 0.2) is 0 Å². The van der Waals surface area contributed by atoms with Crippen LogP contribution in [-0.2, 0) is 10.1 Å². The molecule has 0 spiro atoms. The third-order valence-electron chi connectivity index (χ3n) is 2.08. The second-order valence-electron chi connectivity index (χ2n) is 3.12. The van der Waals surface area contributed by atoms with Crippen LogP contribution in [0.2, 0.25) is 0 Å². The molecule has 2 rings (SSSR count). The molecular weight excluding hydrogens is 216 g/mol. The van der Waals surface area contributed by atoms with E-state index in [1.807, 2.05) is 0 Å². The second-order valence-corrected chi connectivity index (χ2v) is 4.47. The van der Waals surface area contributed by atoms with Crippen molar-refractivity contribution in [2.45, 2.75) is 4.90 Å². The average molecular weight is 223 g/mol. The number of benzene rings is 2. The highest BCUT2D eigenvalue weighted by atomic mass is 32.2. The molecule has 0 saturated heterocycles. The lowest BCUT2D eigenvalue weighted by atomic mass is 10.1. The molecule has 0 radical (unpaired) electrons. The molecule has 0 aliphatic rings. The van der Waals surface area contributed by atoms with E-state index in [4.69, 9.17) is 0 Å². The molecule has 0 unspecified atom stereocenters. The summed E-state index contributed by atoms with van der Waals surface area (Å²) in [5.41, 5.74) is 0. The maximum absolute atomic E-state index is 10.9. The quantitative estimate of drug-likeness (QED) is 0.742. The number of phenols is 1. The van der Waals surface area contributed by atoms with Crippen molar-refractivity contribution in [2.75, 3.05) is 0 Å². The topological polar surface area (TPSA) is 77.4 Å². The molecule has 0 fully saturated rings. The van der Waals surface area contributed by atoms with Gasteiger partial charge >= 0.3 is 0 Å². The van der Waals surface area contributed by atoms with Crippen LogP contribution < -0.4 is 0 Å². The Morgan fingerprint density at radius 1 is 1.13 bits per heavy atom. The van der Waals surface area contributed by atoms with E-state index in [-0.39, 0.29) is 5.75 Å². The summed E-state index contributed by atoms with van der Waals surface area (Å²) in [6.45, 7) is 0. The summed E-state index contributed by atoms with van der Waals surface area (Å²) in [5, 5.41) is 10.1. The first-order valence-electron chi connectivity index (χ1n) is 4.16. The first-order chi connectivity index (χ1) is 6.98. The first kappa shape index (κ1) is 9.95. The Morgan fingerprint density at radius 3 is 2.47 bits per heavy atom. The van der Waals surface area contributed by atoms with Gasteiger partial charge in [0.05, 0.1) is 4.90 Å². The highest BCUT2D eigenvalue weighted by Crippen LogP contribution is 2.27. The second kappa shape index (κ2) is 3.22. The predicted molar refractivity (Wildman–Crippen MR) is 53.6 cm³/mol. The van der Waals surface area contributed by atoms with E-state index >= 15 is 0 Å². The highest BCUT2D eigenvalue weighted by Gasteiger charge is 2.08. The van der Waals surface area contributed by atoms with Crippen molar-refractivity contribution in [1.29, 1.82) is 0 Å². The smallest absolute Gasteiger partial charge is 0.125 e. The van der Waals surface area contributed by atoms with E-state index < -0.39 is 15.0 Å². The minimum absolute atomic E-state index is 0.233. The van der Waals surface area contributed by atoms with E-state index in [9.17, 15) is 18.1 Å². The lowest BCUT2D eigenvalue weighted by Gasteiger charge is -2.10. The predicted octanol–water partition coefficient (Wildman–Crippen LogP) is 1.45. The van der Waals surface area contributed by atoms with Gasteiger partial charge in [-0.25, -0.2) is 8.42 Å². The maximum atomic E-state index is 10.9. The van der Waals surface area contributed by atoms with Gasteiger partial charge in [-0.2, -0.15) is 0 Å². The summed E-state index contributed by atoms with van der Waals surface area (Å²) in [7, 11) is -4.56. The molecule has 2 aromatic carbocycles. The summed E-state index contributed by atoms with van der Waals surface area (Å²) >= 11 is 0. The fraction of sp³-hybridized carbons (Fsp3) is 0. The molecule has 5 heteroatoms. The van der Waals surface area contributed by atoms with Crippen LogP contribution in [0.5, 0.6) is 5.75 Å². The standard InChI is InChI=1S/C10H8O4S/c11-8-5-7-3-1-2-4-9(7)10(6-8)15(12,13)14/h1-6,11H,(H,12,13,14)/p-1. The maximum Gasteiger partial charge on any atom is 0.125 e. The van der Waals surface area contributed by atoms with Crippen LogP contribution in [-0.4, -0.2) is 18.1 Å². The molecule has 15 heavy (non-hydrogen) atoms. The number of hydrogen-bond acceptors (Lipinski definition) is 4. The van der Waals surface area contributed by atoms with Crippen molar-refractivity contribution in [3.05, 3.63) is 36.4 Å². The lowest BCUT2D eigenvalue weighted by molar-refractivity contribution is 0.457. The first-order valence-corrected chi connectivity index (χ1v) is 5.57. The summed E-state index contributed by atoms with van der Waals surface area (Å²) in [6, 6.07) is 8.86. The molecule has 2 aromatic rings. The molecule has 1 N–H and O–H groups in total. The fourth-order valence-corrected chi connectivity index (χ4v) is 2.19. The van der Waals surface area contributed by atoms with E-state index in [0.29, 0.717) is 10.8 Å². The van der Waals surface area contributed by atoms with E-state index in [0.717, 1.165) is 6.07 Å². The van der Waals surface area contributed by atoms with Crippen molar-refractivity contribution < 1.29 is 18.1 Å². The van der Waals surface area contributed by atoms with E-state index in [1.54, 1.807) is 18.2 Å². The molecule has 0 aliphatic carbocycles. The molecule has 0 aromatic heterocycles. The number of phenolic OH excluding ortho intramolecular Hbond substituents is 1. The van der Waals surface area contributed by atoms with Gasteiger partial charge in [0.2, 0.25) is 0 Å². The third-order valence-corrected chi connectivity index (χ3v) is 2.95. The van der Waals surface area contributed by atoms with Crippen molar-refractivity contribution in [3.8, 4) is 5.75 Å². The van der Waals surface area contributed by atoms with Crippen LogP contribution in [0.1, 0.15) is 0 Å². The van der Waals surface area contributed by atoms with Crippen LogP contribution in [0, 0.1) is 0 Å². The average Bonchev–Trinajstić information content (AvgIpc) is 2.15. The van der Waals surface area contributed by atoms with Crippen LogP contribution in [0.15, 0.2) is 41.3 Å². The third kappa shape index (κ3) is 1.79. The van der Waals surface area contributed by atoms with Gasteiger partial charge < -0.3 is 9.66 Å². The van der Waals surface area contributed by atoms with Crippen LogP contribution in [0.25, 0.3) is 10.8 Å². The van der Waals surface area contributed by atoms with Gasteiger partial charge in [0.1, 0.15) is 15.9 Å². The number of hydrogen-bond donors (Lipinski definition) is 1. The van der Waals surface area contributed by atoms with Gasteiger partial charge in [-0.15, -0.1) is 0 Å². The number of rotatable bonds is 1. The largest absolute Gasteiger partial charge is 0.744 e.